The van der Waals surface area contributed by atoms with Crippen LogP contribution >= 0.6 is 11.3 Å². The average Bonchev–Trinajstić information content (AvgIpc) is 3.18. The van der Waals surface area contributed by atoms with Gasteiger partial charge in [-0.2, -0.15) is 5.10 Å². The first-order valence-corrected chi connectivity index (χ1v) is 10.3. The Balaban J connectivity index is 1.53. The molecule has 0 saturated carbocycles. The van der Waals surface area contributed by atoms with Gasteiger partial charge in [0.1, 0.15) is 10.0 Å². The van der Waals surface area contributed by atoms with Crippen LogP contribution in [-0.4, -0.2) is 41.5 Å². The molecule has 3 aromatic rings. The van der Waals surface area contributed by atoms with Crippen LogP contribution in [-0.2, 0) is 10.0 Å². The second kappa shape index (κ2) is 7.52. The molecule has 0 aliphatic heterocycles. The van der Waals surface area contributed by atoms with Gasteiger partial charge in [0.05, 0.1) is 5.69 Å². The van der Waals surface area contributed by atoms with Crippen molar-refractivity contribution in [2.75, 3.05) is 18.4 Å². The highest BCUT2D eigenvalue weighted by atomic mass is 32.2. The van der Waals surface area contributed by atoms with E-state index in [1.807, 2.05) is 32.9 Å². The number of nitrogens with one attached hydrogen (secondary N) is 2. The largest absolute Gasteiger partial charge is 0.367 e. The van der Waals surface area contributed by atoms with Gasteiger partial charge in [-0.05, 0) is 51.1 Å². The molecular formula is C16H20N6O2S2. The van der Waals surface area contributed by atoms with Crippen LogP contribution in [0, 0.1) is 20.8 Å². The number of anilines is 1. The molecule has 2 N–H and O–H groups in total. The molecule has 0 saturated heterocycles. The maximum Gasteiger partial charge on any atom is 0.250 e. The highest BCUT2D eigenvalue weighted by molar-refractivity contribution is 7.91. The van der Waals surface area contributed by atoms with Crippen LogP contribution in [0.3, 0.4) is 0 Å². The first-order valence-electron chi connectivity index (χ1n) is 8.02. The highest BCUT2D eigenvalue weighted by Gasteiger charge is 2.15. The summed E-state index contributed by atoms with van der Waals surface area (Å²) in [5.74, 6) is 1.20. The Morgan fingerprint density at radius 3 is 2.46 bits per heavy atom. The minimum Gasteiger partial charge on any atom is -0.367 e. The Kier molecular flexibility index (Phi) is 5.35. The zero-order valence-electron chi connectivity index (χ0n) is 14.7. The van der Waals surface area contributed by atoms with Gasteiger partial charge in [-0.1, -0.05) is 0 Å². The van der Waals surface area contributed by atoms with Crippen LogP contribution in [0.1, 0.15) is 16.3 Å². The van der Waals surface area contributed by atoms with E-state index in [-0.39, 0.29) is 6.54 Å². The molecule has 0 bridgehead atoms. The van der Waals surface area contributed by atoms with Gasteiger partial charge in [-0.15, -0.1) is 21.5 Å². The van der Waals surface area contributed by atoms with Crippen molar-refractivity contribution in [1.82, 2.24) is 24.7 Å². The lowest BCUT2D eigenvalue weighted by molar-refractivity contribution is 0.585. The molecule has 0 atom stereocenters. The Morgan fingerprint density at radius 2 is 1.88 bits per heavy atom. The van der Waals surface area contributed by atoms with E-state index >= 15 is 0 Å². The van der Waals surface area contributed by atoms with E-state index in [1.54, 1.807) is 22.9 Å². The summed E-state index contributed by atoms with van der Waals surface area (Å²) >= 11 is 1.25. The van der Waals surface area contributed by atoms with Crippen LogP contribution < -0.4 is 10.0 Å². The fourth-order valence-electron chi connectivity index (χ4n) is 2.40. The second-order valence-electron chi connectivity index (χ2n) is 5.81. The molecule has 0 spiro atoms. The van der Waals surface area contributed by atoms with Crippen molar-refractivity contribution in [1.29, 1.82) is 0 Å². The maximum absolute atomic E-state index is 12.1. The molecule has 0 radical (unpaired) electrons. The molecule has 0 unspecified atom stereocenters. The van der Waals surface area contributed by atoms with E-state index in [1.165, 1.54) is 11.3 Å². The zero-order valence-corrected chi connectivity index (χ0v) is 16.4. The first-order chi connectivity index (χ1) is 12.3. The molecule has 0 aromatic carbocycles. The minimum absolute atomic E-state index is 0.250. The predicted molar refractivity (Wildman–Crippen MR) is 101 cm³/mol. The van der Waals surface area contributed by atoms with Crippen molar-refractivity contribution in [2.24, 2.45) is 0 Å². The lowest BCUT2D eigenvalue weighted by Crippen LogP contribution is -2.28. The van der Waals surface area contributed by atoms with Crippen LogP contribution in [0.4, 0.5) is 5.82 Å². The quantitative estimate of drug-likeness (QED) is 0.597. The molecule has 3 heterocycles. The molecule has 10 heteroatoms. The molecule has 26 heavy (non-hydrogen) atoms. The normalized spacial score (nSPS) is 11.7. The van der Waals surface area contributed by atoms with E-state index in [0.717, 1.165) is 16.3 Å². The zero-order chi connectivity index (χ0) is 18.7. The number of aromatic nitrogens is 4. The van der Waals surface area contributed by atoms with E-state index in [9.17, 15) is 8.42 Å². The summed E-state index contributed by atoms with van der Waals surface area (Å²) in [6.07, 6.45) is 0. The van der Waals surface area contributed by atoms with Gasteiger partial charge < -0.3 is 5.32 Å². The minimum atomic E-state index is -3.46. The number of rotatable bonds is 7. The Bertz CT molecular complexity index is 992. The highest BCUT2D eigenvalue weighted by Crippen LogP contribution is 2.20. The fraction of sp³-hybridized carbons (Fsp3) is 0.312. The smallest absolute Gasteiger partial charge is 0.250 e. The third-order valence-corrected chi connectivity index (χ3v) is 6.53. The lowest BCUT2D eigenvalue weighted by atomic mass is 10.4. The summed E-state index contributed by atoms with van der Waals surface area (Å²) < 4.78 is 28.9. The Morgan fingerprint density at radius 1 is 1.08 bits per heavy atom. The number of hydrogen-bond donors (Lipinski definition) is 2. The molecule has 0 aliphatic carbocycles. The van der Waals surface area contributed by atoms with Crippen molar-refractivity contribution < 1.29 is 8.42 Å². The van der Waals surface area contributed by atoms with E-state index in [2.05, 4.69) is 25.3 Å². The number of aryl methyl sites for hydroxylation is 3. The molecule has 0 aliphatic rings. The average molecular weight is 393 g/mol. The summed E-state index contributed by atoms with van der Waals surface area (Å²) in [5, 5.41) is 15.7. The van der Waals surface area contributed by atoms with Crippen molar-refractivity contribution in [3.63, 3.8) is 0 Å². The summed E-state index contributed by atoms with van der Waals surface area (Å²) in [5.41, 5.74) is 1.90. The van der Waals surface area contributed by atoms with Crippen molar-refractivity contribution in [3.8, 4) is 5.82 Å². The number of nitrogens with zero attached hydrogens (tertiary/aromatic N) is 4. The molecule has 3 aromatic heterocycles. The van der Waals surface area contributed by atoms with Gasteiger partial charge in [-0.25, -0.2) is 17.8 Å². The standard InChI is InChI=1S/C16H20N6O2S2/c1-11-10-12(2)22(21-11)15-6-5-14(19-20-15)17-8-9-18-26(23,24)16-7-4-13(3)25-16/h4-7,10,18H,8-9H2,1-3H3,(H,17,19). The van der Waals surface area contributed by atoms with Gasteiger partial charge in [0.15, 0.2) is 5.82 Å². The van der Waals surface area contributed by atoms with Crippen molar-refractivity contribution >= 4 is 27.2 Å². The predicted octanol–water partition coefficient (Wildman–Crippen LogP) is 2.04. The van der Waals surface area contributed by atoms with Gasteiger partial charge in [0.2, 0.25) is 10.0 Å². The molecule has 0 amide bonds. The number of sulfonamides is 1. The van der Waals surface area contributed by atoms with Gasteiger partial charge in [0.25, 0.3) is 0 Å². The molecule has 138 valence electrons. The summed E-state index contributed by atoms with van der Waals surface area (Å²) in [6.45, 7) is 6.40. The number of hydrogen-bond acceptors (Lipinski definition) is 7. The Labute approximate surface area is 156 Å². The summed E-state index contributed by atoms with van der Waals surface area (Å²) in [4.78, 5) is 0.960. The van der Waals surface area contributed by atoms with Crippen LogP contribution in [0.25, 0.3) is 5.82 Å². The third-order valence-electron chi connectivity index (χ3n) is 3.58. The topological polar surface area (TPSA) is 102 Å². The van der Waals surface area contributed by atoms with Crippen LogP contribution in [0.2, 0.25) is 0 Å². The van der Waals surface area contributed by atoms with E-state index in [4.69, 9.17) is 0 Å². The van der Waals surface area contributed by atoms with Gasteiger partial charge in [0, 0.05) is 23.7 Å². The van der Waals surface area contributed by atoms with Crippen LogP contribution in [0.15, 0.2) is 34.5 Å². The molecule has 3 rings (SSSR count). The van der Waals surface area contributed by atoms with Gasteiger partial charge in [-0.3, -0.25) is 0 Å². The Hall–Kier alpha value is -2.30. The SMILES string of the molecule is Cc1cc(C)n(-c2ccc(NCCNS(=O)(=O)c3ccc(C)s3)nn2)n1. The maximum atomic E-state index is 12.1. The second-order valence-corrected chi connectivity index (χ2v) is 9.09. The monoisotopic (exact) mass is 392 g/mol. The van der Waals surface area contributed by atoms with E-state index < -0.39 is 10.0 Å². The van der Waals surface area contributed by atoms with Gasteiger partial charge >= 0.3 is 0 Å². The first kappa shape index (κ1) is 18.5. The van der Waals surface area contributed by atoms with E-state index in [0.29, 0.717) is 22.4 Å². The van der Waals surface area contributed by atoms with Crippen molar-refractivity contribution in [3.05, 3.63) is 46.6 Å². The van der Waals surface area contributed by atoms with Crippen molar-refractivity contribution in [2.45, 2.75) is 25.0 Å². The van der Waals surface area contributed by atoms with Crippen LogP contribution in [0.5, 0.6) is 0 Å². The number of thiophene rings is 1. The molecular weight excluding hydrogens is 372 g/mol. The molecule has 8 nitrogen and oxygen atoms in total. The third kappa shape index (κ3) is 4.26. The fourth-order valence-corrected chi connectivity index (χ4v) is 4.76. The lowest BCUT2D eigenvalue weighted by Gasteiger charge is -2.08. The molecule has 0 fully saturated rings. The summed E-state index contributed by atoms with van der Waals surface area (Å²) in [6, 6.07) is 8.97. The summed E-state index contributed by atoms with van der Waals surface area (Å²) in [7, 11) is -3.46.